The zero-order valence-corrected chi connectivity index (χ0v) is 18.9. The second-order valence-electron chi connectivity index (χ2n) is 7.45. The molecule has 1 saturated heterocycles. The molecule has 1 aromatic heterocycles. The van der Waals surface area contributed by atoms with E-state index in [9.17, 15) is 13.2 Å². The molecule has 0 radical (unpaired) electrons. The van der Waals surface area contributed by atoms with Crippen LogP contribution in [0, 0.1) is 0 Å². The van der Waals surface area contributed by atoms with Crippen molar-refractivity contribution in [3.8, 4) is 0 Å². The first kappa shape index (κ1) is 21.2. The number of rotatable bonds is 6. The summed E-state index contributed by atoms with van der Waals surface area (Å²) >= 11 is 7.50. The van der Waals surface area contributed by atoms with Crippen LogP contribution in [0.2, 0.25) is 5.02 Å². The number of carbonyl (C=O) groups is 1. The van der Waals surface area contributed by atoms with Crippen molar-refractivity contribution < 1.29 is 13.2 Å². The number of amides is 1. The molecule has 9 heteroatoms. The largest absolute Gasteiger partial charge is 0.341 e. The quantitative estimate of drug-likeness (QED) is 0.523. The fourth-order valence-corrected chi connectivity index (χ4v) is 6.50. The lowest BCUT2D eigenvalue weighted by Gasteiger charge is -2.23. The Labute approximate surface area is 185 Å². The van der Waals surface area contributed by atoms with E-state index in [0.717, 1.165) is 21.8 Å². The minimum Gasteiger partial charge on any atom is -0.341 e. The summed E-state index contributed by atoms with van der Waals surface area (Å²) in [5, 5.41) is 1.35. The SMILES string of the molecule is CN(C(=O)CSc1nc2cc(Cl)ccc2n1Cc1ccccc1)[C@H]1CCS(=O)(=O)C1. The monoisotopic (exact) mass is 463 g/mol. The highest BCUT2D eigenvalue weighted by molar-refractivity contribution is 7.99. The number of imidazole rings is 1. The van der Waals surface area contributed by atoms with Crippen LogP contribution in [-0.2, 0) is 21.2 Å². The maximum absolute atomic E-state index is 12.7. The lowest BCUT2D eigenvalue weighted by atomic mass is 10.2. The van der Waals surface area contributed by atoms with Crippen molar-refractivity contribution in [1.82, 2.24) is 14.5 Å². The summed E-state index contributed by atoms with van der Waals surface area (Å²) < 4.78 is 25.5. The van der Waals surface area contributed by atoms with E-state index < -0.39 is 9.84 Å². The van der Waals surface area contributed by atoms with E-state index in [4.69, 9.17) is 16.6 Å². The molecule has 0 N–H and O–H groups in total. The highest BCUT2D eigenvalue weighted by atomic mass is 35.5. The summed E-state index contributed by atoms with van der Waals surface area (Å²) in [6, 6.07) is 15.4. The fraction of sp³-hybridized carbons (Fsp3) is 0.333. The zero-order chi connectivity index (χ0) is 21.3. The van der Waals surface area contributed by atoms with Gasteiger partial charge >= 0.3 is 0 Å². The normalized spacial score (nSPS) is 18.0. The van der Waals surface area contributed by atoms with E-state index in [1.54, 1.807) is 11.9 Å². The van der Waals surface area contributed by atoms with Crippen molar-refractivity contribution in [2.75, 3.05) is 24.3 Å². The molecule has 1 aliphatic heterocycles. The van der Waals surface area contributed by atoms with E-state index in [1.807, 2.05) is 36.4 Å². The van der Waals surface area contributed by atoms with E-state index in [-0.39, 0.29) is 29.2 Å². The van der Waals surface area contributed by atoms with Crippen LogP contribution in [0.4, 0.5) is 0 Å². The smallest absolute Gasteiger partial charge is 0.233 e. The summed E-state index contributed by atoms with van der Waals surface area (Å²) in [7, 11) is -1.35. The maximum Gasteiger partial charge on any atom is 0.233 e. The molecule has 3 aromatic rings. The molecule has 30 heavy (non-hydrogen) atoms. The Morgan fingerprint density at radius 1 is 1.27 bits per heavy atom. The first-order valence-corrected chi connectivity index (χ1v) is 12.8. The number of hydrogen-bond donors (Lipinski definition) is 0. The fourth-order valence-electron chi connectivity index (χ4n) is 3.62. The van der Waals surface area contributed by atoms with E-state index in [0.29, 0.717) is 18.0 Å². The van der Waals surface area contributed by atoms with Gasteiger partial charge in [-0.1, -0.05) is 53.7 Å². The average Bonchev–Trinajstić information content (AvgIpc) is 3.25. The van der Waals surface area contributed by atoms with Crippen molar-refractivity contribution in [3.63, 3.8) is 0 Å². The van der Waals surface area contributed by atoms with Crippen molar-refractivity contribution in [1.29, 1.82) is 0 Å². The summed E-state index contributed by atoms with van der Waals surface area (Å²) in [4.78, 5) is 19.0. The van der Waals surface area contributed by atoms with Crippen LogP contribution in [0.15, 0.2) is 53.7 Å². The van der Waals surface area contributed by atoms with E-state index >= 15 is 0 Å². The molecule has 158 valence electrons. The Bertz CT molecular complexity index is 1180. The maximum atomic E-state index is 12.7. The van der Waals surface area contributed by atoms with Crippen LogP contribution in [0.1, 0.15) is 12.0 Å². The van der Waals surface area contributed by atoms with Gasteiger partial charge in [-0.2, -0.15) is 0 Å². The van der Waals surface area contributed by atoms with Gasteiger partial charge in [-0.3, -0.25) is 4.79 Å². The molecule has 1 fully saturated rings. The molecule has 0 aliphatic carbocycles. The highest BCUT2D eigenvalue weighted by Crippen LogP contribution is 2.28. The highest BCUT2D eigenvalue weighted by Gasteiger charge is 2.32. The first-order chi connectivity index (χ1) is 14.3. The van der Waals surface area contributed by atoms with E-state index in [2.05, 4.69) is 16.7 Å². The summed E-state index contributed by atoms with van der Waals surface area (Å²) in [6.07, 6.45) is 0.500. The number of aromatic nitrogens is 2. The molecule has 2 heterocycles. The second kappa shape index (κ2) is 8.61. The lowest BCUT2D eigenvalue weighted by molar-refractivity contribution is -0.128. The molecular weight excluding hydrogens is 442 g/mol. The van der Waals surface area contributed by atoms with Gasteiger partial charge in [-0.15, -0.1) is 0 Å². The molecule has 2 aromatic carbocycles. The molecule has 1 aliphatic rings. The van der Waals surface area contributed by atoms with Crippen molar-refractivity contribution in [2.45, 2.75) is 24.2 Å². The molecule has 0 unspecified atom stereocenters. The van der Waals surface area contributed by atoms with Gasteiger partial charge in [-0.25, -0.2) is 13.4 Å². The second-order valence-corrected chi connectivity index (χ2v) is 11.1. The molecule has 0 saturated carbocycles. The Morgan fingerprint density at radius 3 is 2.73 bits per heavy atom. The van der Waals surface area contributed by atoms with Crippen molar-refractivity contribution in [3.05, 3.63) is 59.1 Å². The van der Waals surface area contributed by atoms with Gasteiger partial charge in [0.05, 0.1) is 34.8 Å². The number of halogens is 1. The van der Waals surface area contributed by atoms with Gasteiger partial charge in [0, 0.05) is 18.1 Å². The lowest BCUT2D eigenvalue weighted by Crippen LogP contribution is -2.38. The van der Waals surface area contributed by atoms with Crippen LogP contribution in [0.3, 0.4) is 0 Å². The molecule has 6 nitrogen and oxygen atoms in total. The third-order valence-electron chi connectivity index (χ3n) is 5.33. The van der Waals surface area contributed by atoms with Crippen LogP contribution < -0.4 is 0 Å². The van der Waals surface area contributed by atoms with Gasteiger partial charge in [0.2, 0.25) is 5.91 Å². The summed E-state index contributed by atoms with van der Waals surface area (Å²) in [6.45, 7) is 0.631. The number of hydrogen-bond acceptors (Lipinski definition) is 5. The van der Waals surface area contributed by atoms with Crippen LogP contribution in [-0.4, -0.2) is 59.1 Å². The topological polar surface area (TPSA) is 72.3 Å². The van der Waals surface area contributed by atoms with Crippen LogP contribution in [0.25, 0.3) is 11.0 Å². The van der Waals surface area contributed by atoms with Gasteiger partial charge in [0.25, 0.3) is 0 Å². The number of carbonyl (C=O) groups excluding carboxylic acids is 1. The van der Waals surface area contributed by atoms with Gasteiger partial charge in [0.15, 0.2) is 15.0 Å². The summed E-state index contributed by atoms with van der Waals surface area (Å²) in [5.41, 5.74) is 2.87. The molecule has 1 amide bonds. The molecule has 1 atom stereocenters. The Morgan fingerprint density at radius 2 is 2.03 bits per heavy atom. The third kappa shape index (κ3) is 4.66. The Hall–Kier alpha value is -2.03. The minimum absolute atomic E-state index is 0.0466. The minimum atomic E-state index is -3.03. The molecular formula is C21H22ClN3O3S2. The number of benzene rings is 2. The first-order valence-electron chi connectivity index (χ1n) is 9.61. The van der Waals surface area contributed by atoms with Crippen molar-refractivity contribution >= 4 is 50.1 Å². The molecule has 4 rings (SSSR count). The number of fused-ring (bicyclic) bond motifs is 1. The predicted molar refractivity (Wildman–Crippen MR) is 121 cm³/mol. The van der Waals surface area contributed by atoms with Gasteiger partial charge in [0.1, 0.15) is 0 Å². The summed E-state index contributed by atoms with van der Waals surface area (Å²) in [5.74, 6) is 0.290. The third-order valence-corrected chi connectivity index (χ3v) is 8.28. The van der Waals surface area contributed by atoms with E-state index in [1.165, 1.54) is 11.8 Å². The Kier molecular flexibility index (Phi) is 6.09. The Balaban J connectivity index is 1.54. The van der Waals surface area contributed by atoms with Crippen molar-refractivity contribution in [2.24, 2.45) is 0 Å². The van der Waals surface area contributed by atoms with Crippen LogP contribution >= 0.6 is 23.4 Å². The number of thioether (sulfide) groups is 1. The average molecular weight is 464 g/mol. The van der Waals surface area contributed by atoms with Crippen LogP contribution in [0.5, 0.6) is 0 Å². The number of sulfone groups is 1. The predicted octanol–water partition coefficient (Wildman–Crippen LogP) is 3.48. The van der Waals surface area contributed by atoms with Gasteiger partial charge < -0.3 is 9.47 Å². The number of nitrogens with zero attached hydrogens (tertiary/aromatic N) is 3. The molecule has 0 bridgehead atoms. The standard InChI is InChI=1S/C21H22ClN3O3S2/c1-24(17-9-10-30(27,28)14-17)20(26)13-29-21-23-18-11-16(22)7-8-19(18)25(21)12-15-5-3-2-4-6-15/h2-8,11,17H,9-10,12-14H2,1H3/t17-/m0/s1. The molecule has 0 spiro atoms. The zero-order valence-electron chi connectivity index (χ0n) is 16.5. The van der Waals surface area contributed by atoms with Gasteiger partial charge in [-0.05, 0) is 30.2 Å².